The molecule has 12 heteroatoms. The van der Waals surface area contributed by atoms with Crippen molar-refractivity contribution in [2.75, 3.05) is 6.61 Å². The smallest absolute Gasteiger partial charge is 0.373 e. The molecule has 0 radical (unpaired) electrons. The Morgan fingerprint density at radius 2 is 1.76 bits per heavy atom. The minimum absolute atomic E-state index is 0.0186. The Morgan fingerprint density at radius 3 is 2.43 bits per heavy atom. The summed E-state index contributed by atoms with van der Waals surface area (Å²) in [6.45, 7) is 0.920. The summed E-state index contributed by atoms with van der Waals surface area (Å²) in [4.78, 5) is 30.4. The molecule has 7 nitrogen and oxygen atoms in total. The van der Waals surface area contributed by atoms with E-state index < -0.39 is 35.2 Å². The molecule has 7 rings (SSSR count). The molecule has 2 bridgehead atoms. The van der Waals surface area contributed by atoms with Crippen molar-refractivity contribution in [3.05, 3.63) is 57.2 Å². The van der Waals surface area contributed by atoms with Gasteiger partial charge in [0.05, 0.1) is 28.6 Å². The van der Waals surface area contributed by atoms with Crippen molar-refractivity contribution in [3.63, 3.8) is 0 Å². The molecule has 3 saturated carbocycles. The lowest BCUT2D eigenvalue weighted by Crippen LogP contribution is -2.70. The Morgan fingerprint density at radius 1 is 1.05 bits per heavy atom. The number of nitrogens with zero attached hydrogens (tertiary/aromatic N) is 5. The second kappa shape index (κ2) is 7.99. The van der Waals surface area contributed by atoms with Crippen molar-refractivity contribution in [1.82, 2.24) is 24.5 Å². The molecule has 2 atom stereocenters. The van der Waals surface area contributed by atoms with Gasteiger partial charge in [0.2, 0.25) is 0 Å². The van der Waals surface area contributed by atoms with Gasteiger partial charge in [-0.15, -0.1) is 0 Å². The molecular weight excluding hydrogens is 497 g/mol. The summed E-state index contributed by atoms with van der Waals surface area (Å²) in [6.07, 6.45) is -2.86. The van der Waals surface area contributed by atoms with Crippen LogP contribution < -0.4 is 5.56 Å². The van der Waals surface area contributed by atoms with E-state index in [2.05, 4.69) is 15.0 Å². The molecule has 1 aliphatic heterocycles. The van der Waals surface area contributed by atoms with Crippen molar-refractivity contribution in [3.8, 4) is 0 Å². The number of fused-ring (bicyclic) bond motifs is 1. The highest BCUT2D eigenvalue weighted by molar-refractivity contribution is 5.75. The lowest BCUT2D eigenvalue weighted by atomic mass is 9.34. The average Bonchev–Trinajstić information content (AvgIpc) is 2.77. The molecule has 0 aromatic carbocycles. The van der Waals surface area contributed by atoms with E-state index in [1.54, 1.807) is 13.8 Å². The molecule has 1 saturated heterocycles. The molecule has 37 heavy (non-hydrogen) atoms. The van der Waals surface area contributed by atoms with E-state index in [1.807, 2.05) is 0 Å². The molecule has 3 aliphatic carbocycles. The van der Waals surface area contributed by atoms with Crippen LogP contribution in [0, 0.1) is 19.3 Å². The monoisotopic (exact) mass is 521 g/mol. The van der Waals surface area contributed by atoms with Gasteiger partial charge in [0.1, 0.15) is 11.3 Å². The number of hydrogen-bond acceptors (Lipinski definition) is 6. The first-order chi connectivity index (χ1) is 17.4. The fraction of sp³-hybridized carbons (Fsp3) is 0.560. The van der Waals surface area contributed by atoms with Gasteiger partial charge in [0.25, 0.3) is 5.56 Å². The summed E-state index contributed by atoms with van der Waals surface area (Å²) >= 11 is 0. The van der Waals surface area contributed by atoms with Crippen LogP contribution in [0.2, 0.25) is 0 Å². The maximum atomic E-state index is 13.6. The van der Waals surface area contributed by atoms with Gasteiger partial charge in [-0.1, -0.05) is 0 Å². The maximum absolute atomic E-state index is 13.6. The third-order valence-electron chi connectivity index (χ3n) is 8.29. The Bertz CT molecular complexity index is 1450. The number of aromatic nitrogens is 5. The topological polar surface area (TPSA) is 82.8 Å². The lowest BCUT2D eigenvalue weighted by molar-refractivity contribution is -0.337. The number of ether oxygens (including phenoxy) is 1. The molecule has 2 unspecified atom stereocenters. The predicted molar refractivity (Wildman–Crippen MR) is 121 cm³/mol. The van der Waals surface area contributed by atoms with Crippen LogP contribution in [-0.4, -0.2) is 37.3 Å². The maximum Gasteiger partial charge on any atom is 0.394 e. The summed E-state index contributed by atoms with van der Waals surface area (Å²) in [5, 5.41) is 0. The number of aryl methyl sites for hydroxylation is 2. The van der Waals surface area contributed by atoms with Crippen molar-refractivity contribution >= 4 is 11.2 Å². The van der Waals surface area contributed by atoms with Crippen molar-refractivity contribution in [2.45, 2.75) is 76.1 Å². The van der Waals surface area contributed by atoms with Crippen molar-refractivity contribution in [1.29, 1.82) is 0 Å². The Kier molecular flexibility index (Phi) is 5.25. The standard InChI is InChI=1S/C25H24F5N5O2/c1-12-13(2)32-21-18(31-12)19(23-9-24(10-23,11-23)25(28,29)30)33-20(34-21)14-5-6-37-16(7-14)15-3-4-17(36)35(8-15)22(26)27/h3-4,8,14,16,22H,5-7,9-11H2,1-2H3. The third-order valence-corrected chi connectivity index (χ3v) is 8.29. The van der Waals surface area contributed by atoms with Crippen LogP contribution in [0.1, 0.15) is 79.1 Å². The number of halogens is 5. The van der Waals surface area contributed by atoms with Crippen LogP contribution in [0.25, 0.3) is 11.2 Å². The highest BCUT2D eigenvalue weighted by Crippen LogP contribution is 2.78. The minimum Gasteiger partial charge on any atom is -0.373 e. The van der Waals surface area contributed by atoms with E-state index in [0.717, 1.165) is 12.3 Å². The number of hydrogen-bond donors (Lipinski definition) is 0. The van der Waals surface area contributed by atoms with Gasteiger partial charge in [0.15, 0.2) is 5.65 Å². The zero-order valence-corrected chi connectivity index (χ0v) is 20.1. The molecule has 0 amide bonds. The molecule has 3 aromatic rings. The second-order valence-electron chi connectivity index (χ2n) is 10.7. The zero-order valence-electron chi connectivity index (χ0n) is 20.1. The van der Waals surface area contributed by atoms with Crippen LogP contribution in [0.15, 0.2) is 23.1 Å². The molecule has 0 spiro atoms. The SMILES string of the molecule is Cc1nc2nc(C3CCOC(c4ccc(=O)n(C(F)F)c4)C3)nc(C34CC(C(F)(F)F)(C3)C4)c2nc1C. The van der Waals surface area contributed by atoms with Gasteiger partial charge in [-0.2, -0.15) is 22.0 Å². The van der Waals surface area contributed by atoms with E-state index >= 15 is 0 Å². The van der Waals surface area contributed by atoms with Crippen molar-refractivity contribution < 1.29 is 26.7 Å². The fourth-order valence-corrected chi connectivity index (χ4v) is 6.15. The Hall–Kier alpha value is -3.02. The fourth-order valence-electron chi connectivity index (χ4n) is 6.15. The number of alkyl halides is 5. The number of pyridine rings is 1. The number of rotatable bonds is 4. The van der Waals surface area contributed by atoms with Gasteiger partial charge in [-0.05, 0) is 57.6 Å². The van der Waals surface area contributed by atoms with E-state index in [1.165, 1.54) is 6.07 Å². The van der Waals surface area contributed by atoms with Crippen LogP contribution in [-0.2, 0) is 10.2 Å². The van der Waals surface area contributed by atoms with E-state index in [-0.39, 0.29) is 25.2 Å². The van der Waals surface area contributed by atoms with Gasteiger partial charge < -0.3 is 4.74 Å². The van der Waals surface area contributed by atoms with Gasteiger partial charge in [-0.3, -0.25) is 9.36 Å². The lowest BCUT2D eigenvalue weighted by Gasteiger charge is -2.70. The first-order valence-electron chi connectivity index (χ1n) is 12.1. The largest absolute Gasteiger partial charge is 0.394 e. The van der Waals surface area contributed by atoms with Gasteiger partial charge in [0, 0.05) is 30.2 Å². The van der Waals surface area contributed by atoms with E-state index in [4.69, 9.17) is 9.72 Å². The second-order valence-corrected chi connectivity index (χ2v) is 10.7. The predicted octanol–water partition coefficient (Wildman–Crippen LogP) is 5.21. The molecule has 196 valence electrons. The summed E-state index contributed by atoms with van der Waals surface area (Å²) in [5.74, 6) is 0.211. The third kappa shape index (κ3) is 3.66. The van der Waals surface area contributed by atoms with E-state index in [0.29, 0.717) is 63.6 Å². The van der Waals surface area contributed by atoms with Crippen molar-refractivity contribution in [2.24, 2.45) is 5.41 Å². The molecule has 0 N–H and O–H groups in total. The highest BCUT2D eigenvalue weighted by Gasteiger charge is 2.79. The summed E-state index contributed by atoms with van der Waals surface area (Å²) in [5.41, 5.74) is -0.0684. The zero-order chi connectivity index (χ0) is 26.3. The quantitative estimate of drug-likeness (QED) is 0.439. The van der Waals surface area contributed by atoms with Gasteiger partial charge in [-0.25, -0.2) is 19.9 Å². The van der Waals surface area contributed by atoms with Crippen LogP contribution >= 0.6 is 0 Å². The molecule has 3 aromatic heterocycles. The molecular formula is C25H24F5N5O2. The first-order valence-corrected chi connectivity index (χ1v) is 12.1. The Labute approximate surface area is 208 Å². The first kappa shape index (κ1) is 24.3. The Balaban J connectivity index is 1.37. The molecule has 4 aliphatic rings. The van der Waals surface area contributed by atoms with Crippen LogP contribution in [0.5, 0.6) is 0 Å². The molecule has 4 heterocycles. The summed E-state index contributed by atoms with van der Waals surface area (Å²) < 4.78 is 73.4. The average molecular weight is 521 g/mol. The van der Waals surface area contributed by atoms with Crippen LogP contribution in [0.3, 0.4) is 0 Å². The minimum atomic E-state index is -4.25. The summed E-state index contributed by atoms with van der Waals surface area (Å²) in [6, 6.07) is 2.55. The highest BCUT2D eigenvalue weighted by atomic mass is 19.4. The normalized spacial score (nSPS) is 29.3. The van der Waals surface area contributed by atoms with E-state index in [9.17, 15) is 26.7 Å². The summed E-state index contributed by atoms with van der Waals surface area (Å²) in [7, 11) is 0. The van der Waals surface area contributed by atoms with Gasteiger partial charge >= 0.3 is 12.7 Å². The van der Waals surface area contributed by atoms with Crippen LogP contribution in [0.4, 0.5) is 22.0 Å². The molecule has 4 fully saturated rings.